The Bertz CT molecular complexity index is 1960. The zero-order valence-corrected chi connectivity index (χ0v) is 31.1. The third kappa shape index (κ3) is 7.27. The summed E-state index contributed by atoms with van der Waals surface area (Å²) in [4.78, 5) is 49.0. The summed E-state index contributed by atoms with van der Waals surface area (Å²) in [5, 5.41) is 0.434. The van der Waals surface area contributed by atoms with E-state index in [-0.39, 0.29) is 42.8 Å². The normalized spacial score (nSPS) is 29.0. The van der Waals surface area contributed by atoms with E-state index < -0.39 is 44.2 Å². The monoisotopic (exact) mass is 785 g/mol. The second-order valence-corrected chi connectivity index (χ2v) is 18.8. The highest BCUT2D eigenvalue weighted by molar-refractivity contribution is 9.10. The standard InChI is InChI=1S/C37H41BrFN3O6S2/c1-36(14-15-36)50(46,47)41-34(45)37-20-25(37)10-6-4-2-3-5-9-24(16-23-8-7-11-27(39)17-23)33(44)42-22-28(19-30(42)31(43)21-37)48-35-40-29-13-12-26(38)18-32(29)49-35/h6-8,10-13,17-18,24-25,28,30H,2-5,9,14-16,19-22H2,1H3,(H,41,45)/b10-6-/t24-,25+,28-,30+,37-/m1/s1. The van der Waals surface area contributed by atoms with Gasteiger partial charge in [-0.2, -0.15) is 0 Å². The first-order valence-corrected chi connectivity index (χ1v) is 20.5. The molecule has 2 aliphatic carbocycles. The number of ketones is 1. The number of fused-ring (bicyclic) bond motifs is 3. The highest BCUT2D eigenvalue weighted by atomic mass is 79.9. The highest BCUT2D eigenvalue weighted by Gasteiger charge is 2.62. The van der Waals surface area contributed by atoms with Gasteiger partial charge >= 0.3 is 0 Å². The molecule has 13 heteroatoms. The molecule has 2 amide bonds. The van der Waals surface area contributed by atoms with Gasteiger partial charge in [0.1, 0.15) is 11.9 Å². The molecule has 50 heavy (non-hydrogen) atoms. The molecule has 3 heterocycles. The van der Waals surface area contributed by atoms with Gasteiger partial charge in [0.2, 0.25) is 21.8 Å². The van der Waals surface area contributed by atoms with Crippen LogP contribution in [0.2, 0.25) is 0 Å². The largest absolute Gasteiger partial charge is 0.465 e. The Labute approximate surface area is 304 Å². The number of carbonyl (C=O) groups is 3. The number of carbonyl (C=O) groups excluding carboxylic acids is 3. The maximum Gasteiger partial charge on any atom is 0.274 e. The zero-order chi connectivity index (χ0) is 35.3. The van der Waals surface area contributed by atoms with E-state index in [1.807, 2.05) is 36.4 Å². The Morgan fingerprint density at radius 1 is 1.16 bits per heavy atom. The molecule has 2 saturated carbocycles. The summed E-state index contributed by atoms with van der Waals surface area (Å²) >= 11 is 4.87. The number of amides is 2. The topological polar surface area (TPSA) is 123 Å². The first-order valence-electron chi connectivity index (χ1n) is 17.4. The molecule has 3 aromatic rings. The molecule has 1 N–H and O–H groups in total. The lowest BCUT2D eigenvalue weighted by Crippen LogP contribution is -2.47. The molecule has 9 nitrogen and oxygen atoms in total. The van der Waals surface area contributed by atoms with Crippen molar-refractivity contribution in [3.63, 3.8) is 0 Å². The molecule has 1 aromatic heterocycles. The van der Waals surface area contributed by atoms with Crippen LogP contribution in [0.1, 0.15) is 76.7 Å². The van der Waals surface area contributed by atoms with Gasteiger partial charge in [-0.1, -0.05) is 64.4 Å². The van der Waals surface area contributed by atoms with Crippen molar-refractivity contribution in [1.29, 1.82) is 0 Å². The van der Waals surface area contributed by atoms with Crippen molar-refractivity contribution in [1.82, 2.24) is 14.6 Å². The van der Waals surface area contributed by atoms with E-state index >= 15 is 0 Å². The number of nitrogens with zero attached hydrogens (tertiary/aromatic N) is 2. The van der Waals surface area contributed by atoms with Crippen molar-refractivity contribution in [2.24, 2.45) is 17.3 Å². The average molecular weight is 787 g/mol. The molecule has 0 unspecified atom stereocenters. The third-order valence-electron chi connectivity index (χ3n) is 10.9. The maximum atomic E-state index is 14.5. The highest BCUT2D eigenvalue weighted by Crippen LogP contribution is 2.57. The van der Waals surface area contributed by atoms with Crippen LogP contribution in [0.3, 0.4) is 0 Å². The SMILES string of the molecule is CC1(S(=O)(=O)NC(=O)[C@]23CC(=O)[C@@H]4C[C@@H](Oc5nc6ccc(Br)cc6s5)CN4C(=O)[C@@H](Cc4cccc(F)c4)CCCCC/C=C\[C@H]2C3)CC1. The number of nitrogens with one attached hydrogen (secondary N) is 1. The summed E-state index contributed by atoms with van der Waals surface area (Å²) in [6, 6.07) is 11.1. The van der Waals surface area contributed by atoms with Crippen molar-refractivity contribution in [3.8, 4) is 5.19 Å². The molecule has 4 aliphatic rings. The molecule has 0 bridgehead atoms. The van der Waals surface area contributed by atoms with Gasteiger partial charge in [0.25, 0.3) is 5.19 Å². The number of halogens is 2. The van der Waals surface area contributed by atoms with Gasteiger partial charge in [0.05, 0.1) is 33.0 Å². The number of ether oxygens (including phenoxy) is 1. The summed E-state index contributed by atoms with van der Waals surface area (Å²) in [5.41, 5.74) is 0.280. The molecule has 3 fully saturated rings. The lowest BCUT2D eigenvalue weighted by atomic mass is 9.90. The van der Waals surface area contributed by atoms with Crippen LogP contribution in [-0.4, -0.2) is 59.3 Å². The van der Waals surface area contributed by atoms with Crippen molar-refractivity contribution >= 4 is 65.1 Å². The molecular formula is C37H41BrFN3O6S2. The van der Waals surface area contributed by atoms with Crippen LogP contribution < -0.4 is 9.46 Å². The molecule has 0 radical (unpaired) electrons. The summed E-state index contributed by atoms with van der Waals surface area (Å²) in [6.07, 6.45) is 9.05. The molecule has 0 spiro atoms. The lowest BCUT2D eigenvalue weighted by Gasteiger charge is -2.29. The number of rotatable bonds is 7. The van der Waals surface area contributed by atoms with Gasteiger partial charge in [-0.25, -0.2) is 17.8 Å². The van der Waals surface area contributed by atoms with E-state index in [1.54, 1.807) is 17.9 Å². The second-order valence-electron chi connectivity index (χ2n) is 14.7. The van der Waals surface area contributed by atoms with E-state index in [2.05, 4.69) is 25.6 Å². The van der Waals surface area contributed by atoms with Crippen molar-refractivity contribution < 1.29 is 31.9 Å². The molecule has 1 saturated heterocycles. The number of benzene rings is 2. The van der Waals surface area contributed by atoms with Crippen LogP contribution in [0.5, 0.6) is 5.19 Å². The van der Waals surface area contributed by atoms with Crippen LogP contribution in [0.4, 0.5) is 4.39 Å². The van der Waals surface area contributed by atoms with E-state index in [9.17, 15) is 27.2 Å². The minimum absolute atomic E-state index is 0.157. The molecule has 2 aliphatic heterocycles. The van der Waals surface area contributed by atoms with E-state index in [4.69, 9.17) is 4.74 Å². The van der Waals surface area contributed by atoms with E-state index in [1.165, 1.54) is 23.5 Å². The Hall–Kier alpha value is -3.16. The maximum absolute atomic E-state index is 14.5. The van der Waals surface area contributed by atoms with Crippen molar-refractivity contribution in [2.75, 3.05) is 6.54 Å². The molecule has 7 rings (SSSR count). The van der Waals surface area contributed by atoms with Crippen molar-refractivity contribution in [3.05, 3.63) is 70.5 Å². The first-order chi connectivity index (χ1) is 23.9. The Balaban J connectivity index is 1.19. The molecule has 266 valence electrons. The Morgan fingerprint density at radius 2 is 1.98 bits per heavy atom. The fourth-order valence-corrected chi connectivity index (χ4v) is 10.2. The zero-order valence-electron chi connectivity index (χ0n) is 27.9. The van der Waals surface area contributed by atoms with Gasteiger partial charge in [0, 0.05) is 23.2 Å². The fourth-order valence-electron chi connectivity index (χ4n) is 7.44. The van der Waals surface area contributed by atoms with Crippen molar-refractivity contribution in [2.45, 2.75) is 94.4 Å². The minimum Gasteiger partial charge on any atom is -0.465 e. The predicted molar refractivity (Wildman–Crippen MR) is 193 cm³/mol. The van der Waals surface area contributed by atoms with Gasteiger partial charge in [-0.05, 0) is 93.7 Å². The summed E-state index contributed by atoms with van der Waals surface area (Å²) in [6.45, 7) is 1.78. The van der Waals surface area contributed by atoms with Gasteiger partial charge in [-0.3, -0.25) is 19.1 Å². The predicted octanol–water partition coefficient (Wildman–Crippen LogP) is 6.89. The molecule has 5 atom stereocenters. The van der Waals surface area contributed by atoms with Gasteiger partial charge in [0.15, 0.2) is 5.78 Å². The second kappa shape index (κ2) is 13.8. The fraction of sp³-hybridized carbons (Fsp3) is 0.514. The lowest BCUT2D eigenvalue weighted by molar-refractivity contribution is -0.142. The summed E-state index contributed by atoms with van der Waals surface area (Å²) < 4.78 is 50.0. The number of Topliss-reactive ketones (excluding diaryl/α,β-unsaturated/α-hetero) is 1. The van der Waals surface area contributed by atoms with Crippen LogP contribution >= 0.6 is 27.3 Å². The average Bonchev–Trinajstić information content (AvgIpc) is 3.88. The van der Waals surface area contributed by atoms with Crippen LogP contribution in [0, 0.1) is 23.1 Å². The number of sulfonamides is 1. The van der Waals surface area contributed by atoms with E-state index in [0.29, 0.717) is 42.9 Å². The number of aromatic nitrogens is 1. The third-order valence-corrected chi connectivity index (χ3v) is 14.5. The van der Waals surface area contributed by atoms with Crippen LogP contribution in [0.25, 0.3) is 10.2 Å². The summed E-state index contributed by atoms with van der Waals surface area (Å²) in [7, 11) is -3.91. The minimum atomic E-state index is -3.91. The Morgan fingerprint density at radius 3 is 2.76 bits per heavy atom. The first kappa shape index (κ1) is 35.3. The number of hydrogen-bond donors (Lipinski definition) is 1. The van der Waals surface area contributed by atoms with E-state index in [0.717, 1.165) is 40.4 Å². The van der Waals surface area contributed by atoms with Crippen LogP contribution in [-0.2, 0) is 30.8 Å². The summed E-state index contributed by atoms with van der Waals surface area (Å²) in [5.74, 6) is -2.27. The number of hydrogen-bond acceptors (Lipinski definition) is 8. The molecule has 2 aromatic carbocycles. The van der Waals surface area contributed by atoms with Gasteiger partial charge < -0.3 is 9.64 Å². The number of allylic oxidation sites excluding steroid dienone is 2. The number of thiazole rings is 1. The van der Waals surface area contributed by atoms with Gasteiger partial charge in [-0.15, -0.1) is 0 Å². The Kier molecular flexibility index (Phi) is 9.70. The molecular weight excluding hydrogens is 745 g/mol. The smallest absolute Gasteiger partial charge is 0.274 e. The van der Waals surface area contributed by atoms with Crippen LogP contribution in [0.15, 0.2) is 59.1 Å². The quantitative estimate of drug-likeness (QED) is 0.259.